The van der Waals surface area contributed by atoms with Gasteiger partial charge in [0.25, 0.3) is 11.8 Å². The summed E-state index contributed by atoms with van der Waals surface area (Å²) in [6.07, 6.45) is 5.01. The van der Waals surface area contributed by atoms with Gasteiger partial charge in [-0.2, -0.15) is 0 Å². The van der Waals surface area contributed by atoms with E-state index in [9.17, 15) is 18.4 Å². The van der Waals surface area contributed by atoms with Crippen LogP contribution in [0.2, 0.25) is 0 Å². The predicted molar refractivity (Wildman–Crippen MR) is 193 cm³/mol. The second kappa shape index (κ2) is 16.6. The minimum absolute atomic E-state index is 0.172. The fourth-order valence-corrected chi connectivity index (χ4v) is 6.22. The predicted octanol–water partition coefficient (Wildman–Crippen LogP) is 7.71. The van der Waals surface area contributed by atoms with E-state index in [1.165, 1.54) is 34.8 Å². The summed E-state index contributed by atoms with van der Waals surface area (Å²) in [7, 11) is 0. The Labute approximate surface area is 295 Å². The van der Waals surface area contributed by atoms with Crippen molar-refractivity contribution in [2.24, 2.45) is 0 Å². The molecule has 0 aliphatic rings. The molecule has 0 aliphatic carbocycles. The highest BCUT2D eigenvalue weighted by molar-refractivity contribution is 7.16. The zero-order valence-electron chi connectivity index (χ0n) is 27.5. The first-order chi connectivity index (χ1) is 24.0. The van der Waals surface area contributed by atoms with Crippen molar-refractivity contribution in [3.8, 4) is 0 Å². The number of carbonyl (C=O) groups excluding carboxylic acids is 2. The molecule has 0 saturated heterocycles. The van der Waals surface area contributed by atoms with Crippen molar-refractivity contribution in [3.63, 3.8) is 0 Å². The number of benzene rings is 1. The third-order valence-corrected chi connectivity index (χ3v) is 8.60. The number of aryl methyl sites for hydroxylation is 4. The van der Waals surface area contributed by atoms with Gasteiger partial charge in [0.15, 0.2) is 11.4 Å². The Morgan fingerprint density at radius 1 is 0.640 bits per heavy atom. The molecule has 6 rings (SSSR count). The molecule has 0 spiro atoms. The number of nitrogens with zero attached hydrogens (tertiary/aromatic N) is 5. The molecule has 15 heteroatoms. The summed E-state index contributed by atoms with van der Waals surface area (Å²) < 4.78 is 26.6. The van der Waals surface area contributed by atoms with Gasteiger partial charge >= 0.3 is 0 Å². The molecule has 1 aromatic carbocycles. The van der Waals surface area contributed by atoms with E-state index in [1.54, 1.807) is 43.7 Å². The van der Waals surface area contributed by atoms with E-state index in [0.717, 1.165) is 33.2 Å². The van der Waals surface area contributed by atoms with E-state index < -0.39 is 11.6 Å². The number of nitrogens with one attached hydrogen (secondary N) is 4. The van der Waals surface area contributed by atoms with Crippen molar-refractivity contribution in [1.82, 2.24) is 24.9 Å². The molecule has 5 heterocycles. The molecular weight excluding hydrogens is 681 g/mol. The molecule has 2 amide bonds. The first-order valence-electron chi connectivity index (χ1n) is 15.3. The SMILES string of the molecule is Cc1cc(NC(=O)c2nc(C)sc2NCc2cc(F)cc(F)c2)ccn1.Cc1cc(NC(=O)c2nc(C)sc2NCc2ccccn2)ccn1. The average molecular weight is 714 g/mol. The Morgan fingerprint density at radius 3 is 1.64 bits per heavy atom. The molecule has 0 radical (unpaired) electrons. The Hall–Kier alpha value is -5.67. The molecule has 0 fully saturated rings. The summed E-state index contributed by atoms with van der Waals surface area (Å²) in [4.78, 5) is 46.1. The van der Waals surface area contributed by atoms with E-state index in [0.29, 0.717) is 39.2 Å². The van der Waals surface area contributed by atoms with Gasteiger partial charge < -0.3 is 21.3 Å². The monoisotopic (exact) mass is 713 g/mol. The second-order valence-corrected chi connectivity index (χ2v) is 13.3. The van der Waals surface area contributed by atoms with Crippen molar-refractivity contribution < 1.29 is 18.4 Å². The van der Waals surface area contributed by atoms with Crippen LogP contribution in [0, 0.1) is 39.3 Å². The molecule has 0 aliphatic heterocycles. The first-order valence-corrected chi connectivity index (χ1v) is 16.9. The molecule has 6 aromatic rings. The summed E-state index contributed by atoms with van der Waals surface area (Å²) in [5.41, 5.74) is 4.91. The number of hydrogen-bond donors (Lipinski definition) is 4. The summed E-state index contributed by atoms with van der Waals surface area (Å²) in [5.74, 6) is -1.90. The Bertz CT molecular complexity index is 2090. The van der Waals surface area contributed by atoms with Gasteiger partial charge in [0, 0.05) is 54.0 Å². The van der Waals surface area contributed by atoms with Gasteiger partial charge in [0.2, 0.25) is 0 Å². The lowest BCUT2D eigenvalue weighted by Gasteiger charge is -2.08. The van der Waals surface area contributed by atoms with Crippen LogP contribution in [-0.4, -0.2) is 36.7 Å². The minimum atomic E-state index is -0.645. The summed E-state index contributed by atoms with van der Waals surface area (Å²) in [6.45, 7) is 8.08. The van der Waals surface area contributed by atoms with Gasteiger partial charge in [-0.3, -0.25) is 24.5 Å². The van der Waals surface area contributed by atoms with Gasteiger partial charge in [-0.05, 0) is 81.8 Å². The van der Waals surface area contributed by atoms with Crippen molar-refractivity contribution in [1.29, 1.82) is 0 Å². The van der Waals surface area contributed by atoms with E-state index in [2.05, 4.69) is 46.2 Å². The summed E-state index contributed by atoms with van der Waals surface area (Å²) in [6, 6.07) is 16.0. The van der Waals surface area contributed by atoms with Crippen molar-refractivity contribution in [2.75, 3.05) is 21.3 Å². The Kier molecular flexibility index (Phi) is 11.9. The number of halogens is 2. The Balaban J connectivity index is 0.000000195. The number of rotatable bonds is 10. The second-order valence-electron chi connectivity index (χ2n) is 10.9. The smallest absolute Gasteiger partial charge is 0.277 e. The lowest BCUT2D eigenvalue weighted by Crippen LogP contribution is -2.15. The van der Waals surface area contributed by atoms with Gasteiger partial charge in [-0.25, -0.2) is 18.7 Å². The van der Waals surface area contributed by atoms with Crippen LogP contribution < -0.4 is 21.3 Å². The maximum atomic E-state index is 13.3. The van der Waals surface area contributed by atoms with Crippen LogP contribution in [-0.2, 0) is 13.1 Å². The fraction of sp³-hybridized carbons (Fsp3) is 0.171. The molecule has 5 aromatic heterocycles. The van der Waals surface area contributed by atoms with Crippen LogP contribution in [0.5, 0.6) is 0 Å². The van der Waals surface area contributed by atoms with Crippen LogP contribution in [0.4, 0.5) is 30.2 Å². The summed E-state index contributed by atoms with van der Waals surface area (Å²) in [5, 5.41) is 14.7. The average Bonchev–Trinajstić information content (AvgIpc) is 3.64. The van der Waals surface area contributed by atoms with Crippen molar-refractivity contribution in [3.05, 3.63) is 135 Å². The fourth-order valence-electron chi connectivity index (χ4n) is 4.60. The molecule has 0 bridgehead atoms. The minimum Gasteiger partial charge on any atom is -0.371 e. The Morgan fingerprint density at radius 2 is 1.16 bits per heavy atom. The van der Waals surface area contributed by atoms with Gasteiger partial charge in [-0.1, -0.05) is 6.07 Å². The van der Waals surface area contributed by atoms with E-state index in [4.69, 9.17) is 0 Å². The molecule has 0 saturated carbocycles. The third-order valence-electron chi connectivity index (χ3n) is 6.74. The van der Waals surface area contributed by atoms with E-state index >= 15 is 0 Å². The molecule has 0 atom stereocenters. The number of carbonyl (C=O) groups is 2. The van der Waals surface area contributed by atoms with Gasteiger partial charge in [0.05, 0.1) is 22.3 Å². The zero-order valence-corrected chi connectivity index (χ0v) is 29.2. The van der Waals surface area contributed by atoms with Gasteiger partial charge in [-0.15, -0.1) is 22.7 Å². The third kappa shape index (κ3) is 10.2. The molecule has 4 N–H and O–H groups in total. The normalized spacial score (nSPS) is 10.5. The van der Waals surface area contributed by atoms with Gasteiger partial charge in [0.1, 0.15) is 21.6 Å². The van der Waals surface area contributed by atoms with E-state index in [1.807, 2.05) is 45.0 Å². The van der Waals surface area contributed by atoms with Crippen LogP contribution in [0.1, 0.15) is 53.6 Å². The lowest BCUT2D eigenvalue weighted by atomic mass is 10.2. The highest BCUT2D eigenvalue weighted by Crippen LogP contribution is 2.27. The molecule has 256 valence electrons. The standard InChI is InChI=1S/C18H16F2N4OS.C17H17N5OS/c1-10-5-15(3-4-21-10)24-17(25)16-18(26-11(2)23-16)22-9-12-6-13(19)8-14(20)7-12;1-11-9-13(6-8-18-11)22-16(23)15-17(24-12(2)21-15)20-10-14-5-3-4-7-19-14/h3-8,22H,9H2,1-2H3,(H,21,24,25);3-9,20H,10H2,1-2H3,(H,18,22,23). The number of thiazole rings is 2. The number of amides is 2. The highest BCUT2D eigenvalue weighted by atomic mass is 32.1. The van der Waals surface area contributed by atoms with Crippen LogP contribution >= 0.6 is 22.7 Å². The number of pyridine rings is 3. The molecule has 11 nitrogen and oxygen atoms in total. The maximum absolute atomic E-state index is 13.3. The van der Waals surface area contributed by atoms with Crippen LogP contribution in [0.25, 0.3) is 0 Å². The lowest BCUT2D eigenvalue weighted by molar-refractivity contribution is 0.101. The maximum Gasteiger partial charge on any atom is 0.277 e. The highest BCUT2D eigenvalue weighted by Gasteiger charge is 2.19. The van der Waals surface area contributed by atoms with E-state index in [-0.39, 0.29) is 24.1 Å². The van der Waals surface area contributed by atoms with Crippen molar-refractivity contribution in [2.45, 2.75) is 40.8 Å². The van der Waals surface area contributed by atoms with Crippen LogP contribution in [0.3, 0.4) is 0 Å². The largest absolute Gasteiger partial charge is 0.371 e. The zero-order chi connectivity index (χ0) is 35.6. The summed E-state index contributed by atoms with van der Waals surface area (Å²) >= 11 is 2.75. The number of anilines is 4. The number of hydrogen-bond acceptors (Lipinski definition) is 11. The number of aromatic nitrogens is 5. The van der Waals surface area contributed by atoms with Crippen molar-refractivity contribution >= 4 is 55.9 Å². The molecular formula is C35H33F2N9O2S2. The molecule has 50 heavy (non-hydrogen) atoms. The topological polar surface area (TPSA) is 147 Å². The quantitative estimate of drug-likeness (QED) is 0.112. The molecule has 0 unspecified atom stereocenters. The van der Waals surface area contributed by atoms with Crippen LogP contribution in [0.15, 0.2) is 79.3 Å². The first kappa shape index (κ1) is 35.6.